The molecule has 114 valence electrons. The summed E-state index contributed by atoms with van der Waals surface area (Å²) in [5.41, 5.74) is 1.67. The maximum Gasteiger partial charge on any atom is 0.298 e. The molecule has 0 spiro atoms. The molecule has 1 heterocycles. The molecule has 0 aliphatic carbocycles. The first-order chi connectivity index (χ1) is 9.73. The van der Waals surface area contributed by atoms with Crippen molar-refractivity contribution in [2.75, 3.05) is 12.3 Å². The second-order valence-electron chi connectivity index (χ2n) is 5.55. The Morgan fingerprint density at radius 1 is 1.38 bits per heavy atom. The molecule has 0 N–H and O–H groups in total. The minimum absolute atomic E-state index is 0.256. The SMILES string of the molecule is CC1(C)C=[N+](CCCS(=O)(=O)[O-])c2ccc(OC=O)cc21. The van der Waals surface area contributed by atoms with Crippen molar-refractivity contribution in [2.45, 2.75) is 25.7 Å². The van der Waals surface area contributed by atoms with Gasteiger partial charge in [0.05, 0.1) is 15.5 Å². The highest BCUT2D eigenvalue weighted by molar-refractivity contribution is 7.85. The van der Waals surface area contributed by atoms with Crippen molar-refractivity contribution in [3.63, 3.8) is 0 Å². The van der Waals surface area contributed by atoms with E-state index in [4.69, 9.17) is 4.74 Å². The smallest absolute Gasteiger partial charge is 0.298 e. The summed E-state index contributed by atoms with van der Waals surface area (Å²) in [4.78, 5) is 10.4. The molecule has 0 saturated heterocycles. The van der Waals surface area contributed by atoms with Gasteiger partial charge in [0.25, 0.3) is 6.47 Å². The Hall–Kier alpha value is -1.73. The van der Waals surface area contributed by atoms with Crippen LogP contribution in [0.1, 0.15) is 25.8 Å². The van der Waals surface area contributed by atoms with Crippen LogP contribution in [0.4, 0.5) is 5.69 Å². The number of benzene rings is 1. The largest absolute Gasteiger partial charge is 0.748 e. The zero-order valence-corrected chi connectivity index (χ0v) is 12.7. The van der Waals surface area contributed by atoms with Gasteiger partial charge in [0, 0.05) is 23.8 Å². The summed E-state index contributed by atoms with van der Waals surface area (Å²) in [6.45, 7) is 4.86. The van der Waals surface area contributed by atoms with Crippen molar-refractivity contribution < 1.29 is 27.1 Å². The van der Waals surface area contributed by atoms with Crippen molar-refractivity contribution in [1.82, 2.24) is 0 Å². The van der Waals surface area contributed by atoms with Crippen LogP contribution >= 0.6 is 0 Å². The van der Waals surface area contributed by atoms with Crippen LogP contribution in [0.25, 0.3) is 0 Å². The molecule has 0 unspecified atom stereocenters. The monoisotopic (exact) mass is 311 g/mol. The predicted molar refractivity (Wildman–Crippen MR) is 76.2 cm³/mol. The van der Waals surface area contributed by atoms with Gasteiger partial charge in [-0.2, -0.15) is 0 Å². The molecule has 7 heteroatoms. The van der Waals surface area contributed by atoms with Crippen LogP contribution in [0.2, 0.25) is 0 Å². The summed E-state index contributed by atoms with van der Waals surface area (Å²) in [6.07, 6.45) is 2.25. The van der Waals surface area contributed by atoms with Crippen molar-refractivity contribution >= 4 is 28.5 Å². The number of ether oxygens (including phenoxy) is 1. The van der Waals surface area contributed by atoms with Gasteiger partial charge < -0.3 is 9.29 Å². The zero-order valence-electron chi connectivity index (χ0n) is 11.9. The Labute approximate surface area is 123 Å². The molecule has 6 nitrogen and oxygen atoms in total. The number of carbonyl (C=O) groups is 1. The second-order valence-corrected chi connectivity index (χ2v) is 7.08. The van der Waals surface area contributed by atoms with Gasteiger partial charge in [-0.3, -0.25) is 4.79 Å². The minimum Gasteiger partial charge on any atom is -0.748 e. The molecule has 21 heavy (non-hydrogen) atoms. The van der Waals surface area contributed by atoms with E-state index in [1.54, 1.807) is 12.1 Å². The van der Waals surface area contributed by atoms with Crippen molar-refractivity contribution in [1.29, 1.82) is 0 Å². The lowest BCUT2D eigenvalue weighted by Gasteiger charge is -2.11. The Bertz CT molecular complexity index is 691. The lowest BCUT2D eigenvalue weighted by Crippen LogP contribution is -2.18. The van der Waals surface area contributed by atoms with E-state index >= 15 is 0 Å². The van der Waals surface area contributed by atoms with Crippen LogP contribution in [0, 0.1) is 0 Å². The van der Waals surface area contributed by atoms with E-state index in [1.807, 2.05) is 30.7 Å². The van der Waals surface area contributed by atoms with E-state index in [0.29, 0.717) is 18.8 Å². The minimum atomic E-state index is -4.19. The Morgan fingerprint density at radius 3 is 2.71 bits per heavy atom. The third kappa shape index (κ3) is 3.68. The normalized spacial score (nSPS) is 16.2. The van der Waals surface area contributed by atoms with Gasteiger partial charge in [0.1, 0.15) is 12.3 Å². The number of nitrogens with zero attached hydrogens (tertiary/aromatic N) is 1. The summed E-state index contributed by atoms with van der Waals surface area (Å²) in [5.74, 6) is 0.0913. The van der Waals surface area contributed by atoms with E-state index in [0.717, 1.165) is 11.3 Å². The first kappa shape index (κ1) is 15.7. The molecule has 1 aliphatic rings. The molecule has 2 rings (SSSR count). The number of rotatable bonds is 6. The molecule has 0 fully saturated rings. The quantitative estimate of drug-likeness (QED) is 0.447. The van der Waals surface area contributed by atoms with Gasteiger partial charge in [-0.15, -0.1) is 0 Å². The van der Waals surface area contributed by atoms with Crippen LogP contribution in [-0.4, -0.2) is 42.5 Å². The van der Waals surface area contributed by atoms with Gasteiger partial charge >= 0.3 is 0 Å². The molecule has 1 aliphatic heterocycles. The van der Waals surface area contributed by atoms with E-state index < -0.39 is 10.1 Å². The van der Waals surface area contributed by atoms with Crippen LogP contribution in [0.3, 0.4) is 0 Å². The van der Waals surface area contributed by atoms with Gasteiger partial charge in [-0.25, -0.2) is 13.0 Å². The summed E-state index contributed by atoms with van der Waals surface area (Å²) in [6, 6.07) is 5.30. The molecule has 1 aromatic rings. The summed E-state index contributed by atoms with van der Waals surface area (Å²) in [7, 11) is -4.19. The predicted octanol–water partition coefficient (Wildman–Crippen LogP) is 1.16. The number of hydrogen-bond donors (Lipinski definition) is 0. The number of hydrogen-bond acceptors (Lipinski definition) is 5. The van der Waals surface area contributed by atoms with Crippen LogP contribution in [0.15, 0.2) is 18.2 Å². The fourth-order valence-electron chi connectivity index (χ4n) is 2.54. The Balaban J connectivity index is 2.22. The fourth-order valence-corrected chi connectivity index (χ4v) is 3.02. The lowest BCUT2D eigenvalue weighted by molar-refractivity contribution is -0.433. The summed E-state index contributed by atoms with van der Waals surface area (Å²) < 4.78 is 38.8. The molecule has 1 aromatic carbocycles. The topological polar surface area (TPSA) is 86.5 Å². The second kappa shape index (κ2) is 5.57. The first-order valence-electron chi connectivity index (χ1n) is 6.54. The Kier molecular flexibility index (Phi) is 4.15. The van der Waals surface area contributed by atoms with E-state index in [2.05, 4.69) is 0 Å². The van der Waals surface area contributed by atoms with Crippen LogP contribution in [0.5, 0.6) is 5.75 Å². The molecule has 0 atom stereocenters. The maximum atomic E-state index is 10.7. The van der Waals surface area contributed by atoms with Crippen molar-refractivity contribution in [2.24, 2.45) is 0 Å². The molecule has 0 radical (unpaired) electrons. The van der Waals surface area contributed by atoms with Gasteiger partial charge in [-0.05, 0) is 26.0 Å². The molecular weight excluding hydrogens is 294 g/mol. The van der Waals surface area contributed by atoms with E-state index in [1.165, 1.54) is 0 Å². The standard InChI is InChI=1S/C14H17NO5S/c1-14(2)9-15(6-3-7-21(17,18)19)13-5-4-11(20-10-16)8-12(13)14/h4-5,8-10H,3,6-7H2,1-2H3. The molecule has 0 amide bonds. The highest BCUT2D eigenvalue weighted by Gasteiger charge is 2.37. The van der Waals surface area contributed by atoms with Gasteiger partial charge in [-0.1, -0.05) is 0 Å². The van der Waals surface area contributed by atoms with Gasteiger partial charge in [0.2, 0.25) is 5.69 Å². The first-order valence-corrected chi connectivity index (χ1v) is 8.12. The molecule has 0 saturated carbocycles. The Morgan fingerprint density at radius 2 is 2.10 bits per heavy atom. The number of fused-ring (bicyclic) bond motifs is 1. The van der Waals surface area contributed by atoms with Crippen molar-refractivity contribution in [3.8, 4) is 5.75 Å². The van der Waals surface area contributed by atoms with E-state index in [-0.39, 0.29) is 17.6 Å². The molecule has 0 bridgehead atoms. The van der Waals surface area contributed by atoms with Crippen molar-refractivity contribution in [3.05, 3.63) is 23.8 Å². The zero-order chi connectivity index (χ0) is 15.7. The van der Waals surface area contributed by atoms with E-state index in [9.17, 15) is 17.8 Å². The maximum absolute atomic E-state index is 10.7. The summed E-state index contributed by atoms with van der Waals surface area (Å²) in [5, 5.41) is 0. The highest BCUT2D eigenvalue weighted by Crippen LogP contribution is 2.38. The third-order valence-electron chi connectivity index (χ3n) is 3.43. The third-order valence-corrected chi connectivity index (χ3v) is 4.22. The summed E-state index contributed by atoms with van der Waals surface area (Å²) >= 11 is 0. The van der Waals surface area contributed by atoms with Crippen LogP contribution < -0.4 is 4.74 Å². The average Bonchev–Trinajstić information content (AvgIpc) is 2.60. The fraction of sp³-hybridized carbons (Fsp3) is 0.429. The van der Waals surface area contributed by atoms with Crippen LogP contribution in [-0.2, 0) is 20.3 Å². The molecular formula is C14H17NO5S. The van der Waals surface area contributed by atoms with Gasteiger partial charge in [0.15, 0.2) is 6.21 Å². The number of carbonyl (C=O) groups excluding carboxylic acids is 1. The highest BCUT2D eigenvalue weighted by atomic mass is 32.2. The molecule has 0 aromatic heterocycles. The average molecular weight is 311 g/mol. The lowest BCUT2D eigenvalue weighted by atomic mass is 9.87.